The summed E-state index contributed by atoms with van der Waals surface area (Å²) in [7, 11) is 0. The Balaban J connectivity index is 1.94. The van der Waals surface area contributed by atoms with Crippen LogP contribution in [0.4, 0.5) is 0 Å². The van der Waals surface area contributed by atoms with Crippen molar-refractivity contribution < 1.29 is 0 Å². The van der Waals surface area contributed by atoms with Crippen LogP contribution < -0.4 is 0 Å². The van der Waals surface area contributed by atoms with E-state index in [2.05, 4.69) is 36.6 Å². The summed E-state index contributed by atoms with van der Waals surface area (Å²) in [6, 6.07) is 6.12. The van der Waals surface area contributed by atoms with Crippen LogP contribution in [0, 0.1) is 11.7 Å². The maximum Gasteiger partial charge on any atom is 0.178 e. The van der Waals surface area contributed by atoms with Crippen molar-refractivity contribution in [2.24, 2.45) is 0 Å². The second-order valence-electron chi connectivity index (χ2n) is 4.52. The average molecular weight is 337 g/mol. The number of H-pyrrole nitrogens is 1. The molecule has 3 aromatic rings. The Hall–Kier alpha value is -1.40. The van der Waals surface area contributed by atoms with Crippen LogP contribution in [-0.2, 0) is 13.1 Å². The number of aromatic amines is 1. The van der Waals surface area contributed by atoms with Crippen molar-refractivity contribution in [1.82, 2.24) is 19.3 Å². The normalized spacial score (nSPS) is 11.3. The highest BCUT2D eigenvalue weighted by Gasteiger charge is 2.05. The number of hydrogen-bond acceptors (Lipinski definition) is 2. The molecule has 0 saturated heterocycles. The summed E-state index contributed by atoms with van der Waals surface area (Å²) in [5.41, 5.74) is 3.35. The van der Waals surface area contributed by atoms with Crippen LogP contribution in [0.2, 0.25) is 0 Å². The molecule has 0 fully saturated rings. The minimum Gasteiger partial charge on any atom is -0.331 e. The van der Waals surface area contributed by atoms with Crippen molar-refractivity contribution in [1.29, 1.82) is 0 Å². The van der Waals surface area contributed by atoms with Gasteiger partial charge in [0, 0.05) is 17.2 Å². The second kappa shape index (κ2) is 4.94. The zero-order chi connectivity index (χ0) is 13.4. The Morgan fingerprint density at radius 3 is 2.95 bits per heavy atom. The lowest BCUT2D eigenvalue weighted by Gasteiger charge is -2.05. The van der Waals surface area contributed by atoms with Gasteiger partial charge in [-0.15, -0.1) is 0 Å². The molecule has 98 valence electrons. The summed E-state index contributed by atoms with van der Waals surface area (Å²) in [5, 5.41) is 4.29. The maximum absolute atomic E-state index is 5.38. The van der Waals surface area contributed by atoms with Gasteiger partial charge < -0.3 is 9.55 Å². The molecule has 3 rings (SSSR count). The highest BCUT2D eigenvalue weighted by atomic mass is 79.9. The number of rotatable bonds is 3. The van der Waals surface area contributed by atoms with Crippen LogP contribution in [-0.4, -0.2) is 19.3 Å². The van der Waals surface area contributed by atoms with Gasteiger partial charge in [-0.3, -0.25) is 4.68 Å². The Morgan fingerprint density at radius 2 is 2.21 bits per heavy atom. The largest absolute Gasteiger partial charge is 0.331 e. The van der Waals surface area contributed by atoms with Gasteiger partial charge in [0.25, 0.3) is 0 Å². The molecule has 1 N–H and O–H groups in total. The summed E-state index contributed by atoms with van der Waals surface area (Å²) in [6.07, 6.45) is 3.90. The molecule has 0 aliphatic carbocycles. The van der Waals surface area contributed by atoms with E-state index >= 15 is 0 Å². The topological polar surface area (TPSA) is 38.5 Å². The summed E-state index contributed by atoms with van der Waals surface area (Å²) in [4.78, 5) is 3.22. The summed E-state index contributed by atoms with van der Waals surface area (Å²) in [6.45, 7) is 3.65. The highest BCUT2D eigenvalue weighted by molar-refractivity contribution is 9.10. The number of benzene rings is 1. The number of imidazole rings is 1. The lowest BCUT2D eigenvalue weighted by atomic mass is 10.3. The molecule has 0 amide bonds. The third-order valence-corrected chi connectivity index (χ3v) is 3.87. The first kappa shape index (κ1) is 12.6. The zero-order valence-electron chi connectivity index (χ0n) is 10.4. The Kier molecular flexibility index (Phi) is 3.28. The van der Waals surface area contributed by atoms with Crippen LogP contribution in [0.15, 0.2) is 35.1 Å². The van der Waals surface area contributed by atoms with E-state index in [1.165, 1.54) is 5.56 Å². The fourth-order valence-corrected chi connectivity index (χ4v) is 2.79. The molecular weight excluding hydrogens is 324 g/mol. The lowest BCUT2D eigenvalue weighted by Crippen LogP contribution is -2.07. The van der Waals surface area contributed by atoms with Crippen molar-refractivity contribution in [3.8, 4) is 0 Å². The third-order valence-electron chi connectivity index (χ3n) is 3.05. The SMILES string of the molecule is Cc1cnn(CCn2c(=S)[nH]c3ccc(Br)cc32)c1. The number of nitrogens with zero attached hydrogens (tertiary/aromatic N) is 3. The van der Waals surface area contributed by atoms with Gasteiger partial charge in [-0.05, 0) is 42.9 Å². The molecule has 0 bridgehead atoms. The second-order valence-corrected chi connectivity index (χ2v) is 5.83. The third kappa shape index (κ3) is 2.50. The number of aryl methyl sites for hydroxylation is 3. The van der Waals surface area contributed by atoms with E-state index in [0.717, 1.165) is 33.4 Å². The standard InChI is InChI=1S/C13H13BrN4S/c1-9-7-15-17(8-9)4-5-18-12-6-10(14)2-3-11(12)16-13(18)19/h2-3,6-8H,4-5H2,1H3,(H,16,19). The summed E-state index contributed by atoms with van der Waals surface area (Å²) >= 11 is 8.88. The molecule has 2 aromatic heterocycles. The van der Waals surface area contributed by atoms with Gasteiger partial charge in [-0.1, -0.05) is 15.9 Å². The van der Waals surface area contributed by atoms with Crippen LogP contribution in [0.3, 0.4) is 0 Å². The van der Waals surface area contributed by atoms with Crippen molar-refractivity contribution in [2.45, 2.75) is 20.0 Å². The highest BCUT2D eigenvalue weighted by Crippen LogP contribution is 2.19. The fourth-order valence-electron chi connectivity index (χ4n) is 2.14. The maximum atomic E-state index is 5.38. The molecule has 0 aliphatic heterocycles. The molecule has 0 saturated carbocycles. The van der Waals surface area contributed by atoms with Crippen molar-refractivity contribution in [2.75, 3.05) is 0 Å². The quantitative estimate of drug-likeness (QED) is 0.741. The van der Waals surface area contributed by atoms with Gasteiger partial charge in [0.15, 0.2) is 4.77 Å². The van der Waals surface area contributed by atoms with Crippen LogP contribution in [0.25, 0.3) is 11.0 Å². The zero-order valence-corrected chi connectivity index (χ0v) is 12.8. The first-order valence-electron chi connectivity index (χ1n) is 6.00. The smallest absolute Gasteiger partial charge is 0.178 e. The van der Waals surface area contributed by atoms with E-state index in [1.807, 2.05) is 36.1 Å². The number of hydrogen-bond donors (Lipinski definition) is 1. The molecule has 0 atom stereocenters. The number of fused-ring (bicyclic) bond motifs is 1. The molecule has 0 unspecified atom stereocenters. The van der Waals surface area contributed by atoms with Crippen molar-refractivity contribution >= 4 is 39.2 Å². The number of halogens is 1. The lowest BCUT2D eigenvalue weighted by molar-refractivity contribution is 0.537. The predicted octanol–water partition coefficient (Wildman–Crippen LogP) is 3.67. The molecule has 2 heterocycles. The van der Waals surface area contributed by atoms with Gasteiger partial charge >= 0.3 is 0 Å². The summed E-state index contributed by atoms with van der Waals surface area (Å²) in [5.74, 6) is 0. The first-order valence-corrected chi connectivity index (χ1v) is 7.21. The Morgan fingerprint density at radius 1 is 1.37 bits per heavy atom. The first-order chi connectivity index (χ1) is 9.13. The summed E-state index contributed by atoms with van der Waals surface area (Å²) < 4.78 is 5.84. The fraction of sp³-hybridized carbons (Fsp3) is 0.231. The Labute approximate surface area is 124 Å². The van der Waals surface area contributed by atoms with Crippen LogP contribution >= 0.6 is 28.1 Å². The minimum absolute atomic E-state index is 0.747. The number of nitrogens with one attached hydrogen (secondary N) is 1. The van der Waals surface area contributed by atoms with Gasteiger partial charge in [-0.25, -0.2) is 0 Å². The van der Waals surface area contributed by atoms with E-state index in [-0.39, 0.29) is 0 Å². The number of aromatic nitrogens is 4. The minimum atomic E-state index is 0.747. The van der Waals surface area contributed by atoms with E-state index in [4.69, 9.17) is 12.2 Å². The molecule has 1 aromatic carbocycles. The molecule has 0 spiro atoms. The molecule has 4 nitrogen and oxygen atoms in total. The van der Waals surface area contributed by atoms with Crippen molar-refractivity contribution in [3.63, 3.8) is 0 Å². The Bertz CT molecular complexity index is 783. The molecular formula is C13H13BrN4S. The molecule has 6 heteroatoms. The molecule has 19 heavy (non-hydrogen) atoms. The average Bonchev–Trinajstić information content (AvgIpc) is 2.90. The molecule has 0 aliphatic rings. The van der Waals surface area contributed by atoms with Gasteiger partial charge in [0.05, 0.1) is 23.8 Å². The van der Waals surface area contributed by atoms with E-state index < -0.39 is 0 Å². The van der Waals surface area contributed by atoms with E-state index in [0.29, 0.717) is 0 Å². The van der Waals surface area contributed by atoms with Gasteiger partial charge in [0.2, 0.25) is 0 Å². The van der Waals surface area contributed by atoms with Crippen molar-refractivity contribution in [3.05, 3.63) is 45.4 Å². The van der Waals surface area contributed by atoms with Crippen LogP contribution in [0.1, 0.15) is 5.56 Å². The van der Waals surface area contributed by atoms with Gasteiger partial charge in [0.1, 0.15) is 0 Å². The molecule has 0 radical (unpaired) electrons. The predicted molar refractivity (Wildman–Crippen MR) is 81.8 cm³/mol. The van der Waals surface area contributed by atoms with Gasteiger partial charge in [-0.2, -0.15) is 5.10 Å². The van der Waals surface area contributed by atoms with E-state index in [1.54, 1.807) is 0 Å². The van der Waals surface area contributed by atoms with E-state index in [9.17, 15) is 0 Å². The monoisotopic (exact) mass is 336 g/mol. The van der Waals surface area contributed by atoms with Crippen LogP contribution in [0.5, 0.6) is 0 Å².